The average molecular weight is 463 g/mol. The van der Waals surface area contributed by atoms with E-state index >= 15 is 0 Å². The molecule has 182 valence electrons. The van der Waals surface area contributed by atoms with E-state index in [0.717, 1.165) is 57.8 Å². The first-order valence-electron chi connectivity index (χ1n) is 12.1. The van der Waals surface area contributed by atoms with Gasteiger partial charge in [-0.15, -0.1) is 0 Å². The largest absolute Gasteiger partial charge is 0.494 e. The third-order valence-electron chi connectivity index (χ3n) is 5.58. The molecule has 4 nitrogen and oxygen atoms in total. The Morgan fingerprint density at radius 3 is 1.97 bits per heavy atom. The molecule has 2 rings (SSSR count). The summed E-state index contributed by atoms with van der Waals surface area (Å²) in [6, 6.07) is 7.08. The number of halogens is 2. The van der Waals surface area contributed by atoms with Crippen LogP contribution in [0.4, 0.5) is 8.78 Å². The van der Waals surface area contributed by atoms with E-state index in [1.165, 1.54) is 30.7 Å². The van der Waals surface area contributed by atoms with Crippen molar-refractivity contribution in [3.63, 3.8) is 0 Å². The molecule has 33 heavy (non-hydrogen) atoms. The maximum atomic E-state index is 14.9. The molecule has 0 aliphatic heterocycles. The van der Waals surface area contributed by atoms with Crippen molar-refractivity contribution >= 4 is 5.97 Å². The zero-order valence-electron chi connectivity index (χ0n) is 19.8. The number of carbonyl (C=O) groups is 1. The molecule has 2 aromatic carbocycles. The maximum absolute atomic E-state index is 14.9. The molecule has 6 heteroatoms. The van der Waals surface area contributed by atoms with Crippen LogP contribution in [0.1, 0.15) is 88.4 Å². The van der Waals surface area contributed by atoms with Crippen LogP contribution in [0.25, 0.3) is 11.1 Å². The van der Waals surface area contributed by atoms with E-state index in [4.69, 9.17) is 9.47 Å². The molecule has 1 N–H and O–H groups in total. The van der Waals surface area contributed by atoms with Crippen LogP contribution in [0.3, 0.4) is 0 Å². The van der Waals surface area contributed by atoms with Crippen LogP contribution in [0.2, 0.25) is 0 Å². The number of aromatic carboxylic acids is 1. The Morgan fingerprint density at radius 2 is 1.36 bits per heavy atom. The van der Waals surface area contributed by atoms with Crippen LogP contribution < -0.4 is 9.47 Å². The molecule has 0 fully saturated rings. The number of rotatable bonds is 16. The van der Waals surface area contributed by atoms with Crippen molar-refractivity contribution in [2.24, 2.45) is 0 Å². The quantitative estimate of drug-likeness (QED) is 0.257. The average Bonchev–Trinajstić information content (AvgIpc) is 2.81. The number of hydrogen-bond donors (Lipinski definition) is 1. The van der Waals surface area contributed by atoms with Crippen LogP contribution in [-0.4, -0.2) is 24.3 Å². The maximum Gasteiger partial charge on any atom is 0.336 e. The molecule has 0 aliphatic carbocycles. The highest BCUT2D eigenvalue weighted by molar-refractivity contribution is 5.96. The second kappa shape index (κ2) is 14.5. The number of unbranched alkanes of at least 4 members (excludes halogenated alkanes) is 8. The molecular formula is C27H36F2O4. The summed E-state index contributed by atoms with van der Waals surface area (Å²) in [6.07, 6.45) is 10.5. The Bertz CT molecular complexity index is 883. The van der Waals surface area contributed by atoms with E-state index < -0.39 is 17.6 Å². The van der Waals surface area contributed by atoms with Gasteiger partial charge in [-0.1, -0.05) is 65.2 Å². The molecule has 0 aliphatic rings. The number of ether oxygens (including phenoxy) is 2. The van der Waals surface area contributed by atoms with Gasteiger partial charge < -0.3 is 14.6 Å². The minimum Gasteiger partial charge on any atom is -0.494 e. The van der Waals surface area contributed by atoms with E-state index in [9.17, 15) is 18.7 Å². The fourth-order valence-corrected chi connectivity index (χ4v) is 3.66. The Hall–Kier alpha value is -2.63. The fourth-order valence-electron chi connectivity index (χ4n) is 3.66. The number of carboxylic acids is 1. The highest BCUT2D eigenvalue weighted by Gasteiger charge is 2.21. The van der Waals surface area contributed by atoms with Crippen molar-refractivity contribution in [2.45, 2.75) is 78.1 Å². The highest BCUT2D eigenvalue weighted by Crippen LogP contribution is 2.34. The van der Waals surface area contributed by atoms with Gasteiger partial charge in [-0.25, -0.2) is 9.18 Å². The molecule has 0 amide bonds. The van der Waals surface area contributed by atoms with Crippen LogP contribution in [0.15, 0.2) is 30.3 Å². The Labute approximate surface area is 195 Å². The summed E-state index contributed by atoms with van der Waals surface area (Å²) < 4.78 is 40.8. The molecule has 0 aromatic heterocycles. The van der Waals surface area contributed by atoms with Gasteiger partial charge in [0.15, 0.2) is 11.6 Å². The van der Waals surface area contributed by atoms with Crippen molar-refractivity contribution in [3.05, 3.63) is 47.5 Å². The van der Waals surface area contributed by atoms with Gasteiger partial charge in [0.1, 0.15) is 5.75 Å². The number of carboxylic acid groups (broad SMARTS) is 1. The molecular weight excluding hydrogens is 426 g/mol. The van der Waals surface area contributed by atoms with Crippen LogP contribution in [0, 0.1) is 11.6 Å². The first-order valence-corrected chi connectivity index (χ1v) is 12.1. The second-order valence-electron chi connectivity index (χ2n) is 8.28. The molecule has 0 spiro atoms. The molecule has 0 heterocycles. The van der Waals surface area contributed by atoms with Crippen molar-refractivity contribution in [3.8, 4) is 22.6 Å². The van der Waals surface area contributed by atoms with E-state index in [1.807, 2.05) is 0 Å². The van der Waals surface area contributed by atoms with Crippen molar-refractivity contribution in [1.82, 2.24) is 0 Å². The van der Waals surface area contributed by atoms with E-state index in [1.54, 1.807) is 6.07 Å². The lowest BCUT2D eigenvalue weighted by Crippen LogP contribution is -2.05. The Morgan fingerprint density at radius 1 is 0.758 bits per heavy atom. The smallest absolute Gasteiger partial charge is 0.336 e. The third kappa shape index (κ3) is 8.34. The molecule has 2 aromatic rings. The van der Waals surface area contributed by atoms with E-state index in [-0.39, 0.29) is 22.4 Å². The number of hydrogen-bond acceptors (Lipinski definition) is 3. The topological polar surface area (TPSA) is 55.8 Å². The summed E-state index contributed by atoms with van der Waals surface area (Å²) >= 11 is 0. The third-order valence-corrected chi connectivity index (χ3v) is 5.58. The second-order valence-corrected chi connectivity index (χ2v) is 8.28. The fraction of sp³-hybridized carbons (Fsp3) is 0.519. The van der Waals surface area contributed by atoms with E-state index in [0.29, 0.717) is 19.0 Å². The predicted molar refractivity (Wildman–Crippen MR) is 127 cm³/mol. The van der Waals surface area contributed by atoms with Crippen molar-refractivity contribution in [1.29, 1.82) is 0 Å². The lowest BCUT2D eigenvalue weighted by Gasteiger charge is -2.14. The van der Waals surface area contributed by atoms with Gasteiger partial charge in [0.25, 0.3) is 0 Å². The Balaban J connectivity index is 2.13. The van der Waals surface area contributed by atoms with Gasteiger partial charge in [-0.05, 0) is 43.2 Å². The summed E-state index contributed by atoms with van der Waals surface area (Å²) in [7, 11) is 0. The summed E-state index contributed by atoms with van der Waals surface area (Å²) in [6.45, 7) is 5.07. The number of benzene rings is 2. The van der Waals surface area contributed by atoms with Gasteiger partial charge >= 0.3 is 5.97 Å². The minimum atomic E-state index is -1.22. The molecule has 0 saturated heterocycles. The van der Waals surface area contributed by atoms with Gasteiger partial charge in [0, 0.05) is 11.1 Å². The van der Waals surface area contributed by atoms with Gasteiger partial charge in [0.2, 0.25) is 5.82 Å². The van der Waals surface area contributed by atoms with Gasteiger partial charge in [0.05, 0.1) is 18.8 Å². The molecule has 0 atom stereocenters. The standard InChI is InChI=1S/C27H36F2O4/c1-3-5-7-9-11-17-32-20-13-14-22(27(30)31)23(19-20)21-15-16-24(26(29)25(21)28)33-18-12-10-8-6-4-2/h13-16,19H,3-12,17-18H2,1-2H3,(H,30,31). The molecule has 0 unspecified atom stereocenters. The summed E-state index contributed by atoms with van der Waals surface area (Å²) in [5, 5.41) is 9.55. The summed E-state index contributed by atoms with van der Waals surface area (Å²) in [5.41, 5.74) is -0.171. The van der Waals surface area contributed by atoms with Gasteiger partial charge in [-0.3, -0.25) is 0 Å². The van der Waals surface area contributed by atoms with Crippen molar-refractivity contribution in [2.75, 3.05) is 13.2 Å². The summed E-state index contributed by atoms with van der Waals surface area (Å²) in [5.74, 6) is -3.19. The molecule has 0 radical (unpaired) electrons. The zero-order valence-corrected chi connectivity index (χ0v) is 19.8. The molecule has 0 saturated carbocycles. The van der Waals surface area contributed by atoms with Crippen LogP contribution in [-0.2, 0) is 0 Å². The first-order chi connectivity index (χ1) is 16.0. The first kappa shape index (κ1) is 26.6. The minimum absolute atomic E-state index is 0.0773. The van der Waals surface area contributed by atoms with Crippen LogP contribution >= 0.6 is 0 Å². The van der Waals surface area contributed by atoms with E-state index in [2.05, 4.69) is 13.8 Å². The predicted octanol–water partition coefficient (Wildman–Crippen LogP) is 8.03. The molecule has 0 bridgehead atoms. The SMILES string of the molecule is CCCCCCCOc1ccc(C(=O)O)c(-c2ccc(OCCCCCCC)c(F)c2F)c1. The monoisotopic (exact) mass is 462 g/mol. The van der Waals surface area contributed by atoms with Crippen LogP contribution in [0.5, 0.6) is 11.5 Å². The lowest BCUT2D eigenvalue weighted by molar-refractivity contribution is 0.0697. The zero-order chi connectivity index (χ0) is 24.1. The normalized spacial score (nSPS) is 10.9. The lowest BCUT2D eigenvalue weighted by atomic mass is 9.98. The van der Waals surface area contributed by atoms with Crippen molar-refractivity contribution < 1.29 is 28.2 Å². The van der Waals surface area contributed by atoms with Gasteiger partial charge in [-0.2, -0.15) is 4.39 Å². The summed E-state index contributed by atoms with van der Waals surface area (Å²) in [4.78, 5) is 11.7. The Kier molecular flexibility index (Phi) is 11.7. The highest BCUT2D eigenvalue weighted by atomic mass is 19.2.